The summed E-state index contributed by atoms with van der Waals surface area (Å²) < 4.78 is 32.1. The van der Waals surface area contributed by atoms with Crippen molar-refractivity contribution in [3.05, 3.63) is 0 Å². The zero-order chi connectivity index (χ0) is 44.5. The number of unbranched alkanes of at least 4 members (excludes halogenated alkanes) is 1. The number of carbonyl (C=O) groups is 3. The maximum atomic E-state index is 13.7. The van der Waals surface area contributed by atoms with Crippen LogP contribution in [0.3, 0.4) is 0 Å². The van der Waals surface area contributed by atoms with E-state index in [9.17, 15) is 75.7 Å². The molecule has 3 fully saturated rings. The summed E-state index contributed by atoms with van der Waals surface area (Å²) in [5, 5.41) is 127. The normalized spacial score (nSPS) is 35.2. The average molecular weight is 878 g/mol. The van der Waals surface area contributed by atoms with Gasteiger partial charge in [-0.3, -0.25) is 19.3 Å². The summed E-state index contributed by atoms with van der Waals surface area (Å²) in [6.45, 7) is -4.26. The molecule has 350 valence electrons. The lowest BCUT2D eigenvalue weighted by Gasteiger charge is -2.39. The molecule has 0 spiro atoms. The molecule has 16 atom stereocenters. The number of hydrogen-bond acceptors (Lipinski definition) is 23. The zero-order valence-corrected chi connectivity index (χ0v) is 32.9. The fraction of sp³-hybridized carbons (Fsp3) is 0.912. The largest absolute Gasteiger partial charge is 0.394 e. The highest BCUT2D eigenvalue weighted by atomic mass is 16.7. The van der Waals surface area contributed by atoms with Gasteiger partial charge in [-0.15, -0.1) is 0 Å². The minimum absolute atomic E-state index is 0.109. The average Bonchev–Trinajstić information content (AvgIpc) is 3.23. The van der Waals surface area contributed by atoms with Crippen molar-refractivity contribution in [3.63, 3.8) is 0 Å². The molecule has 26 heteroatoms. The van der Waals surface area contributed by atoms with E-state index in [1.165, 1.54) is 4.90 Å². The maximum Gasteiger partial charge on any atom is 0.237 e. The Morgan fingerprint density at radius 3 is 1.22 bits per heavy atom. The first-order chi connectivity index (χ1) is 28.6. The van der Waals surface area contributed by atoms with E-state index < -0.39 is 149 Å². The lowest BCUT2D eigenvalue weighted by atomic mass is 9.99. The minimum atomic E-state index is -1.69. The molecule has 0 saturated carbocycles. The molecule has 0 aliphatic carbocycles. The summed E-state index contributed by atoms with van der Waals surface area (Å²) in [6, 6.07) is -1.13. The van der Waals surface area contributed by atoms with Crippen molar-refractivity contribution < 1.29 is 104 Å². The van der Waals surface area contributed by atoms with Gasteiger partial charge < -0.3 is 111 Å². The van der Waals surface area contributed by atoms with Crippen molar-refractivity contribution in [1.82, 2.24) is 20.9 Å². The predicted octanol–water partition coefficient (Wildman–Crippen LogP) is -10.4. The van der Waals surface area contributed by atoms with Gasteiger partial charge in [-0.25, -0.2) is 0 Å². The van der Waals surface area contributed by atoms with Crippen molar-refractivity contribution in [2.45, 2.75) is 117 Å². The van der Waals surface area contributed by atoms with Crippen molar-refractivity contribution in [2.24, 2.45) is 5.73 Å². The van der Waals surface area contributed by atoms with Gasteiger partial charge in [0, 0.05) is 19.6 Å². The summed E-state index contributed by atoms with van der Waals surface area (Å²) in [7, 11) is 0. The van der Waals surface area contributed by atoms with Gasteiger partial charge in [-0.1, -0.05) is 6.42 Å². The van der Waals surface area contributed by atoms with E-state index in [1.807, 2.05) is 0 Å². The van der Waals surface area contributed by atoms with Crippen LogP contribution in [0.25, 0.3) is 0 Å². The Hall–Kier alpha value is -2.39. The van der Waals surface area contributed by atoms with E-state index in [-0.39, 0.29) is 52.4 Å². The number of carbonyl (C=O) groups excluding carboxylic acids is 3. The van der Waals surface area contributed by atoms with E-state index in [4.69, 9.17) is 34.2 Å². The summed E-state index contributed by atoms with van der Waals surface area (Å²) in [5.74, 6) is -2.02. The molecule has 17 N–H and O–H groups in total. The molecule has 0 aromatic carbocycles. The summed E-state index contributed by atoms with van der Waals surface area (Å²) in [4.78, 5) is 41.4. The SMILES string of the molecule is NCCCCC(C(=O)NCCO[C@H]1O[C@H](CO)[C@@H](O)[C@H](O)[C@@H]1O)N(CC(=O)NCCO[C@H]1O[C@H](CO)[C@@H](O)[C@H](O)[C@@H]1O)CC(=O)NCCO[C@H]1O[C@H](CO)[C@@H](O)[C@H](O)[C@@H]1O. The predicted molar refractivity (Wildman–Crippen MR) is 196 cm³/mol. The van der Waals surface area contributed by atoms with Crippen LogP contribution in [0.2, 0.25) is 0 Å². The number of nitrogens with one attached hydrogen (secondary N) is 3. The number of nitrogens with zero attached hydrogens (tertiary/aromatic N) is 1. The van der Waals surface area contributed by atoms with Crippen molar-refractivity contribution in [3.8, 4) is 0 Å². The lowest BCUT2D eigenvalue weighted by molar-refractivity contribution is -0.300. The van der Waals surface area contributed by atoms with Crippen LogP contribution in [0.5, 0.6) is 0 Å². The molecule has 60 heavy (non-hydrogen) atoms. The second kappa shape index (κ2) is 26.3. The molecule has 0 aromatic rings. The molecule has 3 saturated heterocycles. The molecule has 3 heterocycles. The van der Waals surface area contributed by atoms with Gasteiger partial charge >= 0.3 is 0 Å². The smallest absolute Gasteiger partial charge is 0.237 e. The third kappa shape index (κ3) is 14.9. The van der Waals surface area contributed by atoms with Crippen LogP contribution in [0.15, 0.2) is 0 Å². The Morgan fingerprint density at radius 1 is 0.533 bits per heavy atom. The third-order valence-electron chi connectivity index (χ3n) is 10.0. The molecule has 3 aliphatic heterocycles. The number of rotatable bonds is 25. The third-order valence-corrected chi connectivity index (χ3v) is 10.0. The molecular weight excluding hydrogens is 814 g/mol. The van der Waals surface area contributed by atoms with Crippen LogP contribution < -0.4 is 21.7 Å². The van der Waals surface area contributed by atoms with Crippen LogP contribution >= 0.6 is 0 Å². The van der Waals surface area contributed by atoms with Gasteiger partial charge in [0.15, 0.2) is 18.9 Å². The summed E-state index contributed by atoms with van der Waals surface area (Å²) in [5.41, 5.74) is 5.68. The minimum Gasteiger partial charge on any atom is -0.394 e. The molecule has 3 amide bonds. The molecule has 0 radical (unpaired) electrons. The Bertz CT molecular complexity index is 1220. The van der Waals surface area contributed by atoms with E-state index >= 15 is 0 Å². The maximum absolute atomic E-state index is 13.7. The van der Waals surface area contributed by atoms with Crippen molar-refractivity contribution >= 4 is 17.7 Å². The standard InChI is InChI=1S/C34H63N5O21/c35-4-2-1-3-16(31(54)38-7-10-57-34-30(53)27(50)24(47)19(15-42)60-34)39(11-20(43)36-5-8-55-32-28(51)25(48)22(45)17(13-40)58-32)12-21(44)37-6-9-56-33-29(52)26(49)23(46)18(14-41)59-33/h16-19,22-30,32-34,40-42,45-53H,1-15,35H2,(H,36,43)(H,37,44)(H,38,54)/t16?,17-,18-,19-,22-,23-,24-,25+,26+,27+,28+,29+,30+,32+,33+,34+/m1/s1. The number of hydrogen-bond donors (Lipinski definition) is 16. The molecule has 3 rings (SSSR count). The fourth-order valence-corrected chi connectivity index (χ4v) is 6.53. The first-order valence-corrected chi connectivity index (χ1v) is 19.6. The first-order valence-electron chi connectivity index (χ1n) is 19.6. The molecule has 3 aliphatic rings. The second-order valence-corrected chi connectivity index (χ2v) is 14.4. The highest BCUT2D eigenvalue weighted by Crippen LogP contribution is 2.24. The Kier molecular flexibility index (Phi) is 22.8. The Morgan fingerprint density at radius 2 is 0.883 bits per heavy atom. The van der Waals surface area contributed by atoms with Crippen LogP contribution in [0.1, 0.15) is 19.3 Å². The first kappa shape index (κ1) is 52.0. The van der Waals surface area contributed by atoms with Gasteiger partial charge in [-0.05, 0) is 19.4 Å². The number of aliphatic hydroxyl groups is 12. The van der Waals surface area contributed by atoms with E-state index in [0.717, 1.165) is 0 Å². The molecule has 0 bridgehead atoms. The van der Waals surface area contributed by atoms with E-state index in [2.05, 4.69) is 16.0 Å². The zero-order valence-electron chi connectivity index (χ0n) is 32.9. The van der Waals surface area contributed by atoms with Gasteiger partial charge in [0.25, 0.3) is 0 Å². The van der Waals surface area contributed by atoms with Crippen molar-refractivity contribution in [2.75, 3.05) is 78.9 Å². The molecular formula is C34H63N5O21. The van der Waals surface area contributed by atoms with Gasteiger partial charge in [-0.2, -0.15) is 0 Å². The molecule has 26 nitrogen and oxygen atoms in total. The summed E-state index contributed by atoms with van der Waals surface area (Å²) in [6.07, 6.45) is -22.0. The topological polar surface area (TPSA) is 415 Å². The highest BCUT2D eigenvalue weighted by Gasteiger charge is 2.46. The van der Waals surface area contributed by atoms with Crippen LogP contribution in [0.4, 0.5) is 0 Å². The lowest BCUT2D eigenvalue weighted by Crippen LogP contribution is -2.59. The highest BCUT2D eigenvalue weighted by molar-refractivity contribution is 5.86. The van der Waals surface area contributed by atoms with Gasteiger partial charge in [0.1, 0.15) is 73.2 Å². The monoisotopic (exact) mass is 877 g/mol. The van der Waals surface area contributed by atoms with Crippen LogP contribution in [-0.2, 0) is 42.8 Å². The summed E-state index contributed by atoms with van der Waals surface area (Å²) >= 11 is 0. The van der Waals surface area contributed by atoms with Crippen LogP contribution in [-0.4, -0.2) is 261 Å². The van der Waals surface area contributed by atoms with Gasteiger partial charge in [0.2, 0.25) is 17.7 Å². The number of nitrogens with two attached hydrogens (primary N) is 1. The number of amides is 3. The Labute approximate surface area is 344 Å². The van der Waals surface area contributed by atoms with Gasteiger partial charge in [0.05, 0.1) is 58.8 Å². The molecule has 0 aromatic heterocycles. The van der Waals surface area contributed by atoms with Crippen LogP contribution in [0, 0.1) is 0 Å². The van der Waals surface area contributed by atoms with Crippen molar-refractivity contribution in [1.29, 1.82) is 0 Å². The fourth-order valence-electron chi connectivity index (χ4n) is 6.53. The molecule has 1 unspecified atom stereocenters. The second-order valence-electron chi connectivity index (χ2n) is 14.4. The number of aliphatic hydroxyl groups excluding tert-OH is 12. The number of ether oxygens (including phenoxy) is 6. The van der Waals surface area contributed by atoms with E-state index in [0.29, 0.717) is 12.8 Å². The Balaban J connectivity index is 1.64. The quantitative estimate of drug-likeness (QED) is 0.0379. The van der Waals surface area contributed by atoms with E-state index in [1.54, 1.807) is 0 Å².